The van der Waals surface area contributed by atoms with Gasteiger partial charge in [0.1, 0.15) is 0 Å². The van der Waals surface area contributed by atoms with Crippen molar-refractivity contribution >= 4 is 24.0 Å². The van der Waals surface area contributed by atoms with Gasteiger partial charge in [-0.2, -0.15) is 0 Å². The highest BCUT2D eigenvalue weighted by atomic mass is 16.5. The fraction of sp³-hybridized carbons (Fsp3) is 0.200. The topological polar surface area (TPSA) is 72.0 Å². The van der Waals surface area contributed by atoms with E-state index >= 15 is 0 Å². The van der Waals surface area contributed by atoms with E-state index in [4.69, 9.17) is 4.42 Å². The molecule has 15 heavy (non-hydrogen) atoms. The number of hydrogen-bond donors (Lipinski definition) is 1. The highest BCUT2D eigenvalue weighted by Crippen LogP contribution is 1.94. The molecule has 1 N–H and O–H groups in total. The molecule has 0 unspecified atom stereocenters. The number of aliphatic hydroxyl groups excluding tert-OH is 1. The third-order valence-electron chi connectivity index (χ3n) is 1.79. The van der Waals surface area contributed by atoms with E-state index in [0.29, 0.717) is 5.22 Å². The molecule has 0 aliphatic rings. The Morgan fingerprint density at radius 3 is 2.73 bits per heavy atom. The zero-order chi connectivity index (χ0) is 11.4. The van der Waals surface area contributed by atoms with Gasteiger partial charge in [-0.25, -0.2) is 4.79 Å². The van der Waals surface area contributed by atoms with Crippen LogP contribution in [0.5, 0.6) is 0 Å². The molecule has 1 rings (SSSR count). The Hall–Kier alpha value is -2.04. The van der Waals surface area contributed by atoms with Crippen molar-refractivity contribution in [3.63, 3.8) is 0 Å². The summed E-state index contributed by atoms with van der Waals surface area (Å²) in [5.74, 6) is -1.11. The summed E-state index contributed by atoms with van der Waals surface area (Å²) in [4.78, 5) is 14.8. The maximum atomic E-state index is 11.2. The molecule has 1 heterocycles. The molecule has 80 valence electrons. The maximum Gasteiger partial charge on any atom is 0.360 e. The summed E-state index contributed by atoms with van der Waals surface area (Å²) in [5.41, 5.74) is -0.0849. The zero-order valence-electron chi connectivity index (χ0n) is 8.48. The fourth-order valence-electron chi connectivity index (χ4n) is 1.04. The smallest absolute Gasteiger partial charge is 0.360 e. The van der Waals surface area contributed by atoms with Crippen molar-refractivity contribution in [2.75, 3.05) is 14.2 Å². The van der Waals surface area contributed by atoms with Gasteiger partial charge in [-0.15, -0.1) is 0 Å². The fourth-order valence-corrected chi connectivity index (χ4v) is 1.04. The normalized spacial score (nSPS) is 13.6. The molecular weight excluding hydrogens is 198 g/mol. The van der Waals surface area contributed by atoms with Gasteiger partial charge in [0.25, 0.3) is 0 Å². The first kappa shape index (κ1) is 11.0. The number of carbonyl (C=O) groups excluding carboxylic acids is 1. The van der Waals surface area contributed by atoms with Gasteiger partial charge in [-0.3, -0.25) is 4.99 Å². The van der Waals surface area contributed by atoms with Crippen molar-refractivity contribution in [3.05, 3.63) is 23.0 Å². The number of methoxy groups -OCH3 is 1. The lowest BCUT2D eigenvalue weighted by Crippen LogP contribution is -2.28. The van der Waals surface area contributed by atoms with Crippen molar-refractivity contribution in [3.8, 4) is 0 Å². The summed E-state index contributed by atoms with van der Waals surface area (Å²) in [7, 11) is 2.57. The average molecular weight is 209 g/mol. The Morgan fingerprint density at radius 1 is 1.67 bits per heavy atom. The number of furan rings is 1. The van der Waals surface area contributed by atoms with Gasteiger partial charge in [0.15, 0.2) is 16.9 Å². The molecule has 0 saturated heterocycles. The van der Waals surface area contributed by atoms with E-state index in [0.717, 1.165) is 0 Å². The molecule has 0 radical (unpaired) electrons. The van der Waals surface area contributed by atoms with E-state index in [-0.39, 0.29) is 16.9 Å². The Balaban J connectivity index is 3.37. The van der Waals surface area contributed by atoms with Crippen LogP contribution in [0.15, 0.2) is 21.7 Å². The second-order valence-electron chi connectivity index (χ2n) is 2.69. The van der Waals surface area contributed by atoms with Gasteiger partial charge in [-0.05, 0) is 6.07 Å². The van der Waals surface area contributed by atoms with E-state index < -0.39 is 5.97 Å². The molecule has 0 atom stereocenters. The van der Waals surface area contributed by atoms with E-state index in [2.05, 4.69) is 16.3 Å². The van der Waals surface area contributed by atoms with Crippen molar-refractivity contribution in [2.24, 2.45) is 4.99 Å². The predicted molar refractivity (Wildman–Crippen MR) is 54.9 cm³/mol. The summed E-state index contributed by atoms with van der Waals surface area (Å²) < 4.78 is 9.42. The molecule has 0 saturated carbocycles. The Morgan fingerprint density at radius 2 is 2.33 bits per heavy atom. The second-order valence-corrected chi connectivity index (χ2v) is 2.69. The van der Waals surface area contributed by atoms with E-state index in [9.17, 15) is 9.90 Å². The number of aliphatic imine (C=N–C) groups is 1. The van der Waals surface area contributed by atoms with Crippen molar-refractivity contribution in [2.45, 2.75) is 0 Å². The number of esters is 1. The average Bonchev–Trinajstić information content (AvgIpc) is 2.65. The molecule has 5 nitrogen and oxygen atoms in total. The van der Waals surface area contributed by atoms with Crippen LogP contribution in [-0.4, -0.2) is 30.9 Å². The number of aliphatic hydroxyl groups is 1. The molecule has 0 amide bonds. The molecule has 5 heteroatoms. The first-order valence-corrected chi connectivity index (χ1v) is 4.13. The highest BCUT2D eigenvalue weighted by Gasteiger charge is 2.17. The number of nitrogens with zero attached hydrogens (tertiary/aromatic N) is 1. The Bertz CT molecular complexity index is 498. The minimum atomic E-state index is -0.731. The van der Waals surface area contributed by atoms with Crippen LogP contribution in [0.25, 0.3) is 12.3 Å². The molecule has 0 aliphatic carbocycles. The second kappa shape index (κ2) is 4.45. The zero-order valence-corrected chi connectivity index (χ0v) is 8.48. The third kappa shape index (κ3) is 2.07. The summed E-state index contributed by atoms with van der Waals surface area (Å²) in [5, 5.41) is 10.2. The Kier molecular flexibility index (Phi) is 3.28. The first-order chi connectivity index (χ1) is 7.11. The van der Waals surface area contributed by atoms with E-state index in [1.807, 2.05) is 0 Å². The molecule has 0 aliphatic heterocycles. The number of hydrogen-bond acceptors (Lipinski definition) is 5. The molecule has 1 aromatic heterocycles. The standard InChI is InChI=1S/C10H11NO4/c1-6-4-5-15-9(6)8(12)7(11-2)10(13)14-3/h4-5,12H,1H2,2-3H3/b9-8-,11-7?. The predicted octanol–water partition coefficient (Wildman–Crippen LogP) is -0.400. The summed E-state index contributed by atoms with van der Waals surface area (Å²) >= 11 is 0. The van der Waals surface area contributed by atoms with Gasteiger partial charge < -0.3 is 14.3 Å². The van der Waals surface area contributed by atoms with Gasteiger partial charge in [-0.1, -0.05) is 6.58 Å². The van der Waals surface area contributed by atoms with Crippen molar-refractivity contribution in [1.82, 2.24) is 0 Å². The molecule has 0 fully saturated rings. The van der Waals surface area contributed by atoms with Crippen LogP contribution >= 0.6 is 0 Å². The lowest BCUT2D eigenvalue weighted by molar-refractivity contribution is -0.132. The molecule has 0 spiro atoms. The van der Waals surface area contributed by atoms with Crippen molar-refractivity contribution in [1.29, 1.82) is 0 Å². The summed E-state index contributed by atoms with van der Waals surface area (Å²) in [6.07, 6.45) is 1.36. The Labute approximate surface area is 86.0 Å². The van der Waals surface area contributed by atoms with Gasteiger partial charge >= 0.3 is 5.97 Å². The van der Waals surface area contributed by atoms with Crippen LogP contribution in [0.1, 0.15) is 0 Å². The number of ether oxygens (including phenoxy) is 1. The summed E-state index contributed by atoms with van der Waals surface area (Å²) in [6.45, 7) is 3.62. The van der Waals surface area contributed by atoms with Crippen LogP contribution in [0.2, 0.25) is 0 Å². The summed E-state index contributed by atoms with van der Waals surface area (Å²) in [6, 6.07) is 1.57. The van der Waals surface area contributed by atoms with Gasteiger partial charge in [0, 0.05) is 12.3 Å². The van der Waals surface area contributed by atoms with Crippen LogP contribution in [-0.2, 0) is 9.53 Å². The van der Waals surface area contributed by atoms with Gasteiger partial charge in [0.05, 0.1) is 13.4 Å². The highest BCUT2D eigenvalue weighted by molar-refractivity contribution is 6.50. The molecule has 0 bridgehead atoms. The van der Waals surface area contributed by atoms with Gasteiger partial charge in [0.2, 0.25) is 0 Å². The van der Waals surface area contributed by atoms with Crippen LogP contribution in [0, 0.1) is 0 Å². The van der Waals surface area contributed by atoms with Crippen LogP contribution in [0.3, 0.4) is 0 Å². The number of carbonyl (C=O) groups is 1. The largest absolute Gasteiger partial charge is 0.503 e. The molecule has 0 aromatic carbocycles. The molecule has 1 aromatic rings. The SMILES string of the molecule is C=c1cco/c1=C(\O)C(=NC)C(=O)OC. The lowest BCUT2D eigenvalue weighted by atomic mass is 10.3. The quantitative estimate of drug-likeness (QED) is 0.531. The lowest BCUT2D eigenvalue weighted by Gasteiger charge is -2.00. The van der Waals surface area contributed by atoms with E-state index in [1.54, 1.807) is 6.07 Å². The van der Waals surface area contributed by atoms with Crippen LogP contribution in [0.4, 0.5) is 0 Å². The van der Waals surface area contributed by atoms with E-state index in [1.165, 1.54) is 20.4 Å². The number of rotatable bonds is 2. The first-order valence-electron chi connectivity index (χ1n) is 4.13. The minimum Gasteiger partial charge on any atom is -0.503 e. The minimum absolute atomic E-state index is 0.112. The maximum absolute atomic E-state index is 11.2. The molecular formula is C10H11NO4. The van der Waals surface area contributed by atoms with Crippen LogP contribution < -0.4 is 10.6 Å². The third-order valence-corrected chi connectivity index (χ3v) is 1.79. The van der Waals surface area contributed by atoms with Crippen molar-refractivity contribution < 1.29 is 19.1 Å². The monoisotopic (exact) mass is 209 g/mol.